The molecule has 38 valence electrons. The Morgan fingerprint density at radius 2 is 1.50 bits per heavy atom. The van der Waals surface area contributed by atoms with Gasteiger partial charge in [-0.2, -0.15) is 0 Å². The number of hydrogen-bond acceptors (Lipinski definition) is 0. The zero-order valence-electron chi connectivity index (χ0n) is 3.76. The van der Waals surface area contributed by atoms with Crippen LogP contribution < -0.4 is 0 Å². The van der Waals surface area contributed by atoms with E-state index >= 15 is 0 Å². The van der Waals surface area contributed by atoms with E-state index in [0.29, 0.717) is 0 Å². The number of rotatable bonds is 0. The van der Waals surface area contributed by atoms with E-state index in [1.54, 1.807) is 0 Å². The number of halogens is 1. The van der Waals surface area contributed by atoms with Crippen LogP contribution in [-0.2, 0) is 0 Å². The Hall–Kier alpha value is 0.700. The van der Waals surface area contributed by atoms with E-state index in [9.17, 15) is 0 Å². The molecule has 0 atom stereocenters. The summed E-state index contributed by atoms with van der Waals surface area (Å²) in [6.07, 6.45) is 0. The number of benzene rings is 1. The van der Waals surface area contributed by atoms with Crippen LogP contribution >= 0.6 is 15.9 Å². The fourth-order valence-electron chi connectivity index (χ4n) is 0.415. The average molecular weight is 181 g/mol. The second-order valence-electron chi connectivity index (χ2n) is 1.30. The van der Waals surface area contributed by atoms with Gasteiger partial charge in [0.1, 0.15) is 0 Å². The van der Waals surface area contributed by atoms with Crippen LogP contribution in [0.5, 0.6) is 0 Å². The van der Waals surface area contributed by atoms with Crippen molar-refractivity contribution < 1.29 is 0 Å². The van der Waals surface area contributed by atoms with Crippen LogP contribution in [0.1, 0.15) is 0 Å². The average Bonchev–Trinajstić information content (AvgIpc) is 1.69. The molecule has 0 amide bonds. The van der Waals surface area contributed by atoms with Crippen molar-refractivity contribution in [2.24, 2.45) is 0 Å². The Morgan fingerprint density at radius 1 is 1.00 bits per heavy atom. The van der Waals surface area contributed by atoms with Gasteiger partial charge >= 0.3 is 29.6 Å². The van der Waals surface area contributed by atoms with Crippen LogP contribution in [0, 0.1) is 0 Å². The monoisotopic (exact) mass is 180 g/mol. The van der Waals surface area contributed by atoms with Crippen LogP contribution in [0.25, 0.3) is 0 Å². The van der Waals surface area contributed by atoms with Gasteiger partial charge in [-0.1, -0.05) is 34.1 Å². The van der Waals surface area contributed by atoms with E-state index in [1.165, 1.54) is 0 Å². The van der Waals surface area contributed by atoms with E-state index in [1.807, 2.05) is 30.3 Å². The Balaban J connectivity index is 0.000000490. The Bertz CT molecular complexity index is 138. The SMILES string of the molecule is Brc1ccccc1.[NaH]. The summed E-state index contributed by atoms with van der Waals surface area (Å²) in [5.41, 5.74) is 0. The first kappa shape index (κ1) is 8.70. The maximum absolute atomic E-state index is 3.31. The summed E-state index contributed by atoms with van der Waals surface area (Å²) in [6.45, 7) is 0. The topological polar surface area (TPSA) is 0 Å². The van der Waals surface area contributed by atoms with Crippen LogP contribution in [-0.4, -0.2) is 29.6 Å². The molecule has 0 aliphatic carbocycles. The molecule has 0 aliphatic heterocycles. The summed E-state index contributed by atoms with van der Waals surface area (Å²) in [5, 5.41) is 0. The maximum atomic E-state index is 3.31. The van der Waals surface area contributed by atoms with Gasteiger partial charge in [0.2, 0.25) is 0 Å². The molecule has 0 spiro atoms. The summed E-state index contributed by atoms with van der Waals surface area (Å²) in [6, 6.07) is 9.97. The summed E-state index contributed by atoms with van der Waals surface area (Å²) < 4.78 is 1.13. The molecule has 0 N–H and O–H groups in total. The van der Waals surface area contributed by atoms with Gasteiger partial charge in [-0.05, 0) is 12.1 Å². The third-order valence-electron chi connectivity index (χ3n) is 0.733. The molecule has 2 heteroatoms. The molecule has 1 aromatic carbocycles. The molecule has 0 aliphatic rings. The summed E-state index contributed by atoms with van der Waals surface area (Å²) >= 11 is 3.31. The molecule has 0 fully saturated rings. The zero-order valence-corrected chi connectivity index (χ0v) is 5.35. The van der Waals surface area contributed by atoms with Crippen LogP contribution in [0.3, 0.4) is 0 Å². The quantitative estimate of drug-likeness (QED) is 0.535. The van der Waals surface area contributed by atoms with Crippen LogP contribution in [0.4, 0.5) is 0 Å². The molecule has 0 bridgehead atoms. The van der Waals surface area contributed by atoms with Crippen LogP contribution in [0.2, 0.25) is 0 Å². The summed E-state index contributed by atoms with van der Waals surface area (Å²) in [4.78, 5) is 0. The van der Waals surface area contributed by atoms with E-state index in [-0.39, 0.29) is 29.6 Å². The normalized spacial score (nSPS) is 7.62. The molecule has 0 nitrogen and oxygen atoms in total. The van der Waals surface area contributed by atoms with Crippen molar-refractivity contribution in [2.45, 2.75) is 0 Å². The molecular formula is C6H6BrNa. The van der Waals surface area contributed by atoms with E-state index in [4.69, 9.17) is 0 Å². The van der Waals surface area contributed by atoms with Gasteiger partial charge in [-0.15, -0.1) is 0 Å². The number of hydrogen-bond donors (Lipinski definition) is 0. The molecule has 0 heterocycles. The molecule has 1 rings (SSSR count). The van der Waals surface area contributed by atoms with E-state index in [0.717, 1.165) is 4.47 Å². The van der Waals surface area contributed by atoms with Gasteiger partial charge in [0.15, 0.2) is 0 Å². The summed E-state index contributed by atoms with van der Waals surface area (Å²) in [7, 11) is 0. The molecular weight excluding hydrogens is 175 g/mol. The fourth-order valence-corrected chi connectivity index (χ4v) is 0.720. The predicted molar refractivity (Wildman–Crippen MR) is 41.3 cm³/mol. The van der Waals surface area contributed by atoms with Gasteiger partial charge in [-0.25, -0.2) is 0 Å². The summed E-state index contributed by atoms with van der Waals surface area (Å²) in [5.74, 6) is 0. The zero-order chi connectivity index (χ0) is 5.11. The standard InChI is InChI=1S/C6H5Br.Na.H/c7-6-4-2-1-3-5-6;;/h1-5H;;. The molecule has 8 heavy (non-hydrogen) atoms. The second-order valence-corrected chi connectivity index (χ2v) is 2.21. The predicted octanol–water partition coefficient (Wildman–Crippen LogP) is 1.80. The van der Waals surface area contributed by atoms with Gasteiger partial charge in [0, 0.05) is 4.47 Å². The van der Waals surface area contributed by atoms with E-state index < -0.39 is 0 Å². The third kappa shape index (κ3) is 2.88. The second kappa shape index (κ2) is 4.57. The van der Waals surface area contributed by atoms with Gasteiger partial charge in [-0.3, -0.25) is 0 Å². The van der Waals surface area contributed by atoms with Gasteiger partial charge < -0.3 is 0 Å². The first-order valence-corrected chi connectivity index (χ1v) is 2.89. The Kier molecular flexibility index (Phi) is 4.97. The van der Waals surface area contributed by atoms with Crippen molar-refractivity contribution in [3.63, 3.8) is 0 Å². The van der Waals surface area contributed by atoms with Crippen molar-refractivity contribution in [1.82, 2.24) is 0 Å². The van der Waals surface area contributed by atoms with Gasteiger partial charge in [0.05, 0.1) is 0 Å². The Labute approximate surface area is 79.7 Å². The van der Waals surface area contributed by atoms with Crippen molar-refractivity contribution in [1.29, 1.82) is 0 Å². The molecule has 0 radical (unpaired) electrons. The fraction of sp³-hybridized carbons (Fsp3) is 0. The van der Waals surface area contributed by atoms with Crippen molar-refractivity contribution in [2.75, 3.05) is 0 Å². The molecule has 0 saturated heterocycles. The first-order valence-electron chi connectivity index (χ1n) is 2.10. The van der Waals surface area contributed by atoms with E-state index in [2.05, 4.69) is 15.9 Å². The van der Waals surface area contributed by atoms with Gasteiger partial charge in [0.25, 0.3) is 0 Å². The van der Waals surface area contributed by atoms with Crippen LogP contribution in [0.15, 0.2) is 34.8 Å². The molecule has 1 aromatic rings. The molecule has 0 saturated carbocycles. The van der Waals surface area contributed by atoms with Crippen molar-refractivity contribution in [3.8, 4) is 0 Å². The minimum atomic E-state index is 0. The molecule has 0 unspecified atom stereocenters. The third-order valence-corrected chi connectivity index (χ3v) is 1.26. The Morgan fingerprint density at radius 3 is 1.75 bits per heavy atom. The van der Waals surface area contributed by atoms with Crippen molar-refractivity contribution >= 4 is 45.5 Å². The molecule has 0 aromatic heterocycles. The van der Waals surface area contributed by atoms with Crippen molar-refractivity contribution in [3.05, 3.63) is 34.8 Å². The first-order chi connectivity index (χ1) is 3.39. The minimum absolute atomic E-state index is 0.